The van der Waals surface area contributed by atoms with Crippen molar-refractivity contribution in [1.29, 1.82) is 0 Å². The molecule has 1 N–H and O–H groups in total. The molecule has 0 atom stereocenters. The van der Waals surface area contributed by atoms with Gasteiger partial charge < -0.3 is 10.1 Å². The molecule has 0 aliphatic heterocycles. The summed E-state index contributed by atoms with van der Waals surface area (Å²) >= 11 is 3.33. The third-order valence-corrected chi connectivity index (χ3v) is 3.31. The number of halogens is 1. The van der Waals surface area contributed by atoms with Crippen molar-refractivity contribution in [3.63, 3.8) is 0 Å². The molecule has 5 nitrogen and oxygen atoms in total. The minimum absolute atomic E-state index is 0.197. The van der Waals surface area contributed by atoms with Crippen LogP contribution >= 0.6 is 15.9 Å². The third-order valence-electron chi connectivity index (χ3n) is 2.78. The Kier molecular flexibility index (Phi) is 4.34. The van der Waals surface area contributed by atoms with Crippen molar-refractivity contribution in [2.24, 2.45) is 0 Å². The molecular formula is C14H14BrN3O2. The number of anilines is 1. The van der Waals surface area contributed by atoms with E-state index in [9.17, 15) is 4.79 Å². The van der Waals surface area contributed by atoms with Gasteiger partial charge in [-0.1, -0.05) is 15.9 Å². The van der Waals surface area contributed by atoms with Crippen LogP contribution in [0.25, 0.3) is 0 Å². The van der Waals surface area contributed by atoms with Gasteiger partial charge in [0, 0.05) is 10.0 Å². The van der Waals surface area contributed by atoms with E-state index in [-0.39, 0.29) is 5.91 Å². The summed E-state index contributed by atoms with van der Waals surface area (Å²) in [5.41, 5.74) is 2.51. The molecular weight excluding hydrogens is 322 g/mol. The lowest BCUT2D eigenvalue weighted by Gasteiger charge is -2.11. The van der Waals surface area contributed by atoms with Crippen molar-refractivity contribution in [2.45, 2.75) is 13.8 Å². The Bertz CT molecular complexity index is 618. The minimum Gasteiger partial charge on any atom is -0.467 e. The van der Waals surface area contributed by atoms with Gasteiger partial charge in [0.25, 0.3) is 5.91 Å². The van der Waals surface area contributed by atoms with Crippen molar-refractivity contribution in [3.05, 3.63) is 45.7 Å². The molecule has 104 valence electrons. The summed E-state index contributed by atoms with van der Waals surface area (Å²) < 4.78 is 5.92. The molecule has 2 aromatic rings. The van der Waals surface area contributed by atoms with Crippen LogP contribution in [-0.4, -0.2) is 23.0 Å². The zero-order chi connectivity index (χ0) is 14.7. The van der Waals surface area contributed by atoms with Crippen molar-refractivity contribution < 1.29 is 9.53 Å². The molecule has 0 aliphatic rings. The smallest absolute Gasteiger partial charge is 0.316 e. The lowest BCUT2D eigenvalue weighted by atomic mass is 10.2. The number of aryl methyl sites for hydroxylation is 2. The number of rotatable bonds is 3. The monoisotopic (exact) mass is 335 g/mol. The number of nitrogens with one attached hydrogen (secondary N) is 1. The van der Waals surface area contributed by atoms with Gasteiger partial charge in [-0.05, 0) is 38.1 Å². The van der Waals surface area contributed by atoms with Crippen LogP contribution in [0.15, 0.2) is 28.7 Å². The quantitative estimate of drug-likeness (QED) is 0.935. The molecule has 1 aromatic heterocycles. The molecule has 20 heavy (non-hydrogen) atoms. The average molecular weight is 336 g/mol. The predicted octanol–water partition coefficient (Wildman–Crippen LogP) is 3.12. The van der Waals surface area contributed by atoms with Crippen molar-refractivity contribution in [2.75, 3.05) is 12.4 Å². The molecule has 0 spiro atoms. The Balaban J connectivity index is 2.26. The third kappa shape index (κ3) is 3.14. The van der Waals surface area contributed by atoms with Gasteiger partial charge in [0.05, 0.1) is 24.2 Å². The number of methoxy groups -OCH3 is 1. The highest BCUT2D eigenvalue weighted by Crippen LogP contribution is 2.20. The highest BCUT2D eigenvalue weighted by Gasteiger charge is 2.13. The van der Waals surface area contributed by atoms with Gasteiger partial charge in [-0.25, -0.2) is 0 Å². The zero-order valence-electron chi connectivity index (χ0n) is 11.4. The lowest BCUT2D eigenvalue weighted by Crippen LogP contribution is -2.15. The van der Waals surface area contributed by atoms with Gasteiger partial charge in [-0.2, -0.15) is 9.97 Å². The standard InChI is InChI=1S/C14H14BrN3O2/c1-8-12(9(2)17-14(16-8)20-3)18-13(19)10-4-6-11(15)7-5-10/h4-7H,1-3H3,(H,18,19). The summed E-state index contributed by atoms with van der Waals surface area (Å²) in [5.74, 6) is -0.197. The second-order valence-corrected chi connectivity index (χ2v) is 5.13. The molecule has 0 radical (unpaired) electrons. The van der Waals surface area contributed by atoms with E-state index < -0.39 is 0 Å². The summed E-state index contributed by atoms with van der Waals surface area (Å²) in [7, 11) is 1.51. The van der Waals surface area contributed by atoms with Crippen molar-refractivity contribution >= 4 is 27.5 Å². The van der Waals surface area contributed by atoms with E-state index in [1.807, 2.05) is 12.1 Å². The molecule has 1 heterocycles. The van der Waals surface area contributed by atoms with Crippen LogP contribution in [0.2, 0.25) is 0 Å². The number of carbonyl (C=O) groups is 1. The average Bonchev–Trinajstić information content (AvgIpc) is 2.43. The molecule has 0 bridgehead atoms. The van der Waals surface area contributed by atoms with E-state index in [0.29, 0.717) is 28.6 Å². The Labute approximate surface area is 125 Å². The fourth-order valence-electron chi connectivity index (χ4n) is 1.74. The van der Waals surface area contributed by atoms with Crippen LogP contribution in [0.1, 0.15) is 21.7 Å². The number of aromatic nitrogens is 2. The summed E-state index contributed by atoms with van der Waals surface area (Å²) in [6.07, 6.45) is 0. The van der Waals surface area contributed by atoms with E-state index >= 15 is 0 Å². The van der Waals surface area contributed by atoms with Crippen LogP contribution in [0, 0.1) is 13.8 Å². The Morgan fingerprint density at radius 2 is 1.70 bits per heavy atom. The molecule has 2 rings (SSSR count). The molecule has 0 unspecified atom stereocenters. The number of nitrogens with zero attached hydrogens (tertiary/aromatic N) is 2. The van der Waals surface area contributed by atoms with Gasteiger partial charge in [-0.15, -0.1) is 0 Å². The van der Waals surface area contributed by atoms with E-state index in [2.05, 4.69) is 31.2 Å². The maximum absolute atomic E-state index is 12.2. The van der Waals surface area contributed by atoms with Gasteiger partial charge in [-0.3, -0.25) is 4.79 Å². The lowest BCUT2D eigenvalue weighted by molar-refractivity contribution is 0.102. The van der Waals surface area contributed by atoms with Crippen LogP contribution in [0.5, 0.6) is 6.01 Å². The summed E-state index contributed by atoms with van der Waals surface area (Å²) in [5, 5.41) is 2.83. The highest BCUT2D eigenvalue weighted by molar-refractivity contribution is 9.10. The zero-order valence-corrected chi connectivity index (χ0v) is 13.0. The van der Waals surface area contributed by atoms with Crippen LogP contribution in [0.3, 0.4) is 0 Å². The summed E-state index contributed by atoms with van der Waals surface area (Å²) in [6, 6.07) is 7.42. The van der Waals surface area contributed by atoms with Crippen LogP contribution < -0.4 is 10.1 Å². The first-order chi connectivity index (χ1) is 9.51. The first-order valence-electron chi connectivity index (χ1n) is 5.97. The topological polar surface area (TPSA) is 64.1 Å². The Hall–Kier alpha value is -1.95. The van der Waals surface area contributed by atoms with Gasteiger partial charge in [0.1, 0.15) is 0 Å². The van der Waals surface area contributed by atoms with Crippen molar-refractivity contribution in [1.82, 2.24) is 9.97 Å². The number of carbonyl (C=O) groups excluding carboxylic acids is 1. The summed E-state index contributed by atoms with van der Waals surface area (Å²) in [6.45, 7) is 3.60. The second kappa shape index (κ2) is 6.00. The fourth-order valence-corrected chi connectivity index (χ4v) is 2.01. The molecule has 0 fully saturated rings. The molecule has 0 saturated heterocycles. The summed E-state index contributed by atoms with van der Waals surface area (Å²) in [4.78, 5) is 20.5. The number of hydrogen-bond donors (Lipinski definition) is 1. The first-order valence-corrected chi connectivity index (χ1v) is 6.76. The molecule has 6 heteroatoms. The van der Waals surface area contributed by atoms with Crippen LogP contribution in [0.4, 0.5) is 5.69 Å². The van der Waals surface area contributed by atoms with Gasteiger partial charge in [0.2, 0.25) is 0 Å². The minimum atomic E-state index is -0.197. The van der Waals surface area contributed by atoms with E-state index in [1.54, 1.807) is 26.0 Å². The first kappa shape index (κ1) is 14.5. The van der Waals surface area contributed by atoms with E-state index in [0.717, 1.165) is 4.47 Å². The Morgan fingerprint density at radius 3 is 2.20 bits per heavy atom. The molecule has 1 amide bonds. The largest absolute Gasteiger partial charge is 0.467 e. The highest BCUT2D eigenvalue weighted by atomic mass is 79.9. The Morgan fingerprint density at radius 1 is 1.15 bits per heavy atom. The fraction of sp³-hybridized carbons (Fsp3) is 0.214. The maximum Gasteiger partial charge on any atom is 0.316 e. The normalized spacial score (nSPS) is 10.2. The predicted molar refractivity (Wildman–Crippen MR) is 80.2 cm³/mol. The number of ether oxygens (including phenoxy) is 1. The maximum atomic E-state index is 12.2. The second-order valence-electron chi connectivity index (χ2n) is 4.22. The molecule has 0 aliphatic carbocycles. The number of amides is 1. The van der Waals surface area contributed by atoms with E-state index in [1.165, 1.54) is 7.11 Å². The van der Waals surface area contributed by atoms with Crippen LogP contribution in [-0.2, 0) is 0 Å². The van der Waals surface area contributed by atoms with Gasteiger partial charge in [0.15, 0.2) is 0 Å². The SMILES string of the molecule is COc1nc(C)c(NC(=O)c2ccc(Br)cc2)c(C)n1. The molecule has 1 aromatic carbocycles. The number of benzene rings is 1. The molecule has 0 saturated carbocycles. The number of hydrogen-bond acceptors (Lipinski definition) is 4. The van der Waals surface area contributed by atoms with E-state index in [4.69, 9.17) is 4.74 Å². The van der Waals surface area contributed by atoms with Crippen molar-refractivity contribution in [3.8, 4) is 6.01 Å². The van der Waals surface area contributed by atoms with Gasteiger partial charge >= 0.3 is 6.01 Å².